The summed E-state index contributed by atoms with van der Waals surface area (Å²) in [6.07, 6.45) is 0.788. The third-order valence-corrected chi connectivity index (χ3v) is 2.99. The molecule has 1 unspecified atom stereocenters. The van der Waals surface area contributed by atoms with Crippen LogP contribution in [0.1, 0.15) is 12.5 Å². The fourth-order valence-corrected chi connectivity index (χ4v) is 2.05. The second kappa shape index (κ2) is 6.79. The lowest BCUT2D eigenvalue weighted by Gasteiger charge is -2.12. The lowest BCUT2D eigenvalue weighted by molar-refractivity contribution is -0.118. The molecular weight excluding hydrogens is 258 g/mol. The third-order valence-electron chi connectivity index (χ3n) is 2.99. The number of fused-ring (bicyclic) bond motifs is 1. The maximum Gasteiger partial charge on any atom is 0.314 e. The first kappa shape index (κ1) is 14.2. The highest BCUT2D eigenvalue weighted by Gasteiger charge is 2.22. The van der Waals surface area contributed by atoms with Gasteiger partial charge in [-0.05, 0) is 11.6 Å². The topological polar surface area (TPSA) is 79.5 Å². The molecule has 1 aliphatic rings. The van der Waals surface area contributed by atoms with Crippen LogP contribution in [0.4, 0.5) is 4.79 Å². The smallest absolute Gasteiger partial charge is 0.314 e. The lowest BCUT2D eigenvalue weighted by atomic mass is 10.1. The Labute approximate surface area is 117 Å². The van der Waals surface area contributed by atoms with Crippen LogP contribution in [0.3, 0.4) is 0 Å². The second-order valence-electron chi connectivity index (χ2n) is 4.67. The van der Waals surface area contributed by atoms with Crippen molar-refractivity contribution >= 4 is 11.9 Å². The van der Waals surface area contributed by atoms with Crippen LogP contribution < -0.4 is 20.7 Å². The number of rotatable bonds is 5. The number of amides is 3. The Hall–Kier alpha value is -2.24. The summed E-state index contributed by atoms with van der Waals surface area (Å²) in [4.78, 5) is 22.2. The van der Waals surface area contributed by atoms with Crippen molar-refractivity contribution in [2.24, 2.45) is 0 Å². The Morgan fingerprint density at radius 2 is 1.95 bits per heavy atom. The van der Waals surface area contributed by atoms with Gasteiger partial charge in [0, 0.05) is 26.4 Å². The minimum Gasteiger partial charge on any atom is -0.488 e. The number of hydrogen-bond acceptors (Lipinski definition) is 3. The zero-order chi connectivity index (χ0) is 14.4. The minimum atomic E-state index is -0.255. The highest BCUT2D eigenvalue weighted by Crippen LogP contribution is 2.27. The van der Waals surface area contributed by atoms with E-state index in [1.807, 2.05) is 24.3 Å². The Balaban J connectivity index is 1.62. The van der Waals surface area contributed by atoms with Gasteiger partial charge < -0.3 is 20.7 Å². The van der Waals surface area contributed by atoms with E-state index in [2.05, 4.69) is 16.0 Å². The fraction of sp³-hybridized carbons (Fsp3) is 0.429. The summed E-state index contributed by atoms with van der Waals surface area (Å²) in [7, 11) is 0. The molecule has 1 aliphatic heterocycles. The quantitative estimate of drug-likeness (QED) is 0.683. The number of urea groups is 1. The lowest BCUT2D eigenvalue weighted by Crippen LogP contribution is -2.43. The summed E-state index contributed by atoms with van der Waals surface area (Å²) in [5.74, 6) is 0.787. The minimum absolute atomic E-state index is 0.0199. The van der Waals surface area contributed by atoms with Gasteiger partial charge in [0.2, 0.25) is 5.91 Å². The van der Waals surface area contributed by atoms with E-state index < -0.39 is 0 Å². The number of ether oxygens (including phenoxy) is 1. The predicted octanol–water partition coefficient (Wildman–Crippen LogP) is 0.425. The van der Waals surface area contributed by atoms with E-state index in [-0.39, 0.29) is 18.0 Å². The standard InChI is InChI=1S/C14H19N3O3/c1-10(18)15-6-7-16-14(19)17-9-12-8-11-4-2-3-5-13(11)20-12/h2-5,12H,6-9H2,1H3,(H,15,18)(H2,16,17,19). The second-order valence-corrected chi connectivity index (χ2v) is 4.67. The first-order chi connectivity index (χ1) is 9.65. The Morgan fingerprint density at radius 3 is 2.70 bits per heavy atom. The molecule has 0 aromatic heterocycles. The molecule has 1 aromatic carbocycles. The van der Waals surface area contributed by atoms with Crippen LogP contribution in [0.25, 0.3) is 0 Å². The van der Waals surface area contributed by atoms with Crippen molar-refractivity contribution in [2.75, 3.05) is 19.6 Å². The highest BCUT2D eigenvalue weighted by molar-refractivity contribution is 5.74. The predicted molar refractivity (Wildman–Crippen MR) is 74.6 cm³/mol. The number of para-hydroxylation sites is 1. The molecule has 0 saturated heterocycles. The fourth-order valence-electron chi connectivity index (χ4n) is 2.05. The van der Waals surface area contributed by atoms with Crippen LogP contribution in [0.5, 0.6) is 5.75 Å². The molecule has 0 saturated carbocycles. The van der Waals surface area contributed by atoms with Crippen molar-refractivity contribution in [3.8, 4) is 5.75 Å². The van der Waals surface area contributed by atoms with Gasteiger partial charge in [0.05, 0.1) is 6.54 Å². The number of benzene rings is 1. The first-order valence-electron chi connectivity index (χ1n) is 6.66. The zero-order valence-electron chi connectivity index (χ0n) is 11.4. The molecule has 0 aliphatic carbocycles. The SMILES string of the molecule is CC(=O)NCCNC(=O)NCC1Cc2ccccc2O1. The van der Waals surface area contributed by atoms with Crippen molar-refractivity contribution in [2.45, 2.75) is 19.4 Å². The van der Waals surface area contributed by atoms with Crippen molar-refractivity contribution < 1.29 is 14.3 Å². The maximum atomic E-state index is 11.5. The van der Waals surface area contributed by atoms with Gasteiger partial charge >= 0.3 is 6.03 Å². The highest BCUT2D eigenvalue weighted by atomic mass is 16.5. The molecular formula is C14H19N3O3. The van der Waals surface area contributed by atoms with Crippen molar-refractivity contribution in [1.82, 2.24) is 16.0 Å². The van der Waals surface area contributed by atoms with Gasteiger partial charge in [-0.1, -0.05) is 18.2 Å². The summed E-state index contributed by atoms with van der Waals surface area (Å²) < 4.78 is 5.71. The number of carbonyl (C=O) groups is 2. The molecule has 3 N–H and O–H groups in total. The Morgan fingerprint density at radius 1 is 1.20 bits per heavy atom. The van der Waals surface area contributed by atoms with E-state index in [0.717, 1.165) is 12.2 Å². The van der Waals surface area contributed by atoms with Gasteiger partial charge in [-0.15, -0.1) is 0 Å². The normalized spacial score (nSPS) is 15.9. The van der Waals surface area contributed by atoms with E-state index in [4.69, 9.17) is 4.74 Å². The van der Waals surface area contributed by atoms with Gasteiger partial charge in [0.1, 0.15) is 11.9 Å². The summed E-state index contributed by atoms with van der Waals surface area (Å²) in [6, 6.07) is 7.62. The average Bonchev–Trinajstić information content (AvgIpc) is 2.84. The average molecular weight is 277 g/mol. The molecule has 1 atom stereocenters. The van der Waals surface area contributed by atoms with E-state index >= 15 is 0 Å². The maximum absolute atomic E-state index is 11.5. The van der Waals surface area contributed by atoms with Crippen LogP contribution >= 0.6 is 0 Å². The van der Waals surface area contributed by atoms with Gasteiger partial charge in [0.15, 0.2) is 0 Å². The molecule has 0 fully saturated rings. The van der Waals surface area contributed by atoms with Crippen LogP contribution in [0.2, 0.25) is 0 Å². The van der Waals surface area contributed by atoms with Crippen LogP contribution in [0, 0.1) is 0 Å². The number of hydrogen-bond donors (Lipinski definition) is 3. The van der Waals surface area contributed by atoms with Crippen LogP contribution in [0.15, 0.2) is 24.3 Å². The Bertz CT molecular complexity index is 465. The van der Waals surface area contributed by atoms with Gasteiger partial charge in [-0.2, -0.15) is 0 Å². The van der Waals surface area contributed by atoms with Gasteiger partial charge in [-0.3, -0.25) is 4.79 Å². The molecule has 0 spiro atoms. The molecule has 0 bridgehead atoms. The van der Waals surface area contributed by atoms with E-state index in [9.17, 15) is 9.59 Å². The molecule has 2 rings (SSSR count). The third kappa shape index (κ3) is 4.15. The monoisotopic (exact) mass is 277 g/mol. The summed E-state index contributed by atoms with van der Waals surface area (Å²) >= 11 is 0. The van der Waals surface area contributed by atoms with E-state index in [0.29, 0.717) is 19.6 Å². The summed E-state index contributed by atoms with van der Waals surface area (Å²) in [5.41, 5.74) is 1.17. The van der Waals surface area contributed by atoms with Gasteiger partial charge in [-0.25, -0.2) is 4.79 Å². The summed E-state index contributed by atoms with van der Waals surface area (Å²) in [6.45, 7) is 2.72. The molecule has 3 amide bonds. The molecule has 0 radical (unpaired) electrons. The molecule has 20 heavy (non-hydrogen) atoms. The Kier molecular flexibility index (Phi) is 4.81. The zero-order valence-corrected chi connectivity index (χ0v) is 11.4. The van der Waals surface area contributed by atoms with Crippen LogP contribution in [-0.4, -0.2) is 37.7 Å². The van der Waals surface area contributed by atoms with E-state index in [1.165, 1.54) is 12.5 Å². The molecule has 108 valence electrons. The van der Waals surface area contributed by atoms with Crippen molar-refractivity contribution in [3.05, 3.63) is 29.8 Å². The number of nitrogens with one attached hydrogen (secondary N) is 3. The number of carbonyl (C=O) groups excluding carboxylic acids is 2. The van der Waals surface area contributed by atoms with Crippen LogP contribution in [-0.2, 0) is 11.2 Å². The van der Waals surface area contributed by atoms with Crippen molar-refractivity contribution in [1.29, 1.82) is 0 Å². The van der Waals surface area contributed by atoms with E-state index in [1.54, 1.807) is 0 Å². The molecule has 6 nitrogen and oxygen atoms in total. The first-order valence-corrected chi connectivity index (χ1v) is 6.66. The summed E-state index contributed by atoms with van der Waals surface area (Å²) in [5, 5.41) is 8.03. The van der Waals surface area contributed by atoms with Crippen molar-refractivity contribution in [3.63, 3.8) is 0 Å². The molecule has 1 heterocycles. The largest absolute Gasteiger partial charge is 0.488 e. The van der Waals surface area contributed by atoms with Gasteiger partial charge in [0.25, 0.3) is 0 Å². The molecule has 6 heteroatoms. The molecule has 1 aromatic rings.